The van der Waals surface area contributed by atoms with Gasteiger partial charge in [-0.2, -0.15) is 0 Å². The fourth-order valence-electron chi connectivity index (χ4n) is 2.47. The lowest BCUT2D eigenvalue weighted by Crippen LogP contribution is -2.24. The number of carbonyl (C=O) groups is 2. The third kappa shape index (κ3) is 3.79. The molecule has 0 bridgehead atoms. The van der Waals surface area contributed by atoms with E-state index < -0.39 is 0 Å². The largest absolute Gasteiger partial charge is 0.326 e. The van der Waals surface area contributed by atoms with E-state index >= 15 is 0 Å². The zero-order valence-electron chi connectivity index (χ0n) is 13.7. The van der Waals surface area contributed by atoms with Crippen LogP contribution in [-0.4, -0.2) is 17.1 Å². The minimum Gasteiger partial charge on any atom is -0.326 e. The number of thioether (sulfide) groups is 1. The highest BCUT2D eigenvalue weighted by Crippen LogP contribution is 2.37. The van der Waals surface area contributed by atoms with Gasteiger partial charge in [0.1, 0.15) is 0 Å². The molecule has 2 N–H and O–H groups in total. The quantitative estimate of drug-likeness (QED) is 0.886. The fourth-order valence-corrected chi connectivity index (χ4v) is 3.67. The lowest BCUT2D eigenvalue weighted by atomic mass is 10.1. The monoisotopic (exact) mass is 340 g/mol. The molecule has 4 nitrogen and oxygen atoms in total. The number of hydrogen-bond acceptors (Lipinski definition) is 3. The standard InChI is InChI=1S/C19H20N2O2S/c1-12(2)18(22)20-14-7-9-15(10-8-14)21-19(23)17-11-13-5-3-4-6-16(13)24-17/h3-10,12,17H,11H2,1-2H3,(H,20,22)(H,21,23). The number of anilines is 2. The van der Waals surface area contributed by atoms with Crippen LogP contribution in [0.15, 0.2) is 53.4 Å². The van der Waals surface area contributed by atoms with Crippen LogP contribution >= 0.6 is 11.8 Å². The zero-order chi connectivity index (χ0) is 17.1. The van der Waals surface area contributed by atoms with Crippen molar-refractivity contribution in [2.24, 2.45) is 5.92 Å². The Morgan fingerprint density at radius 3 is 2.25 bits per heavy atom. The first kappa shape index (κ1) is 16.6. The van der Waals surface area contributed by atoms with Gasteiger partial charge >= 0.3 is 0 Å². The number of amides is 2. The number of benzene rings is 2. The molecule has 1 aliphatic heterocycles. The van der Waals surface area contributed by atoms with Crippen molar-refractivity contribution >= 4 is 35.0 Å². The molecule has 2 aromatic rings. The summed E-state index contributed by atoms with van der Waals surface area (Å²) in [6.45, 7) is 3.70. The predicted molar refractivity (Wildman–Crippen MR) is 98.3 cm³/mol. The van der Waals surface area contributed by atoms with E-state index in [1.807, 2.05) is 26.0 Å². The molecule has 2 amide bonds. The van der Waals surface area contributed by atoms with E-state index in [0.29, 0.717) is 0 Å². The predicted octanol–water partition coefficient (Wildman–Crippen LogP) is 3.94. The average molecular weight is 340 g/mol. The molecule has 24 heavy (non-hydrogen) atoms. The summed E-state index contributed by atoms with van der Waals surface area (Å²) in [4.78, 5) is 25.3. The average Bonchev–Trinajstić information content (AvgIpc) is 3.00. The van der Waals surface area contributed by atoms with Crippen molar-refractivity contribution in [2.45, 2.75) is 30.4 Å². The minimum atomic E-state index is -0.0947. The van der Waals surface area contributed by atoms with Gasteiger partial charge in [0, 0.05) is 22.2 Å². The maximum atomic E-state index is 12.4. The normalized spacial score (nSPS) is 15.9. The molecule has 124 valence electrons. The van der Waals surface area contributed by atoms with Crippen molar-refractivity contribution in [3.63, 3.8) is 0 Å². The molecule has 0 saturated carbocycles. The van der Waals surface area contributed by atoms with Gasteiger partial charge in [-0.25, -0.2) is 0 Å². The highest BCUT2D eigenvalue weighted by atomic mass is 32.2. The van der Waals surface area contributed by atoms with Crippen molar-refractivity contribution in [1.82, 2.24) is 0 Å². The Morgan fingerprint density at radius 2 is 1.62 bits per heavy atom. The molecule has 1 aliphatic rings. The molecule has 1 unspecified atom stereocenters. The first-order chi connectivity index (χ1) is 11.5. The summed E-state index contributed by atoms with van der Waals surface area (Å²) in [7, 11) is 0. The van der Waals surface area contributed by atoms with Crippen LogP contribution in [0.2, 0.25) is 0 Å². The molecule has 2 aromatic carbocycles. The van der Waals surface area contributed by atoms with Crippen molar-refractivity contribution in [3.8, 4) is 0 Å². The second-order valence-corrected chi connectivity index (χ2v) is 7.37. The van der Waals surface area contributed by atoms with E-state index in [-0.39, 0.29) is 23.0 Å². The van der Waals surface area contributed by atoms with E-state index in [2.05, 4.69) is 22.8 Å². The summed E-state index contributed by atoms with van der Waals surface area (Å²) in [5.74, 6) is -0.0764. The van der Waals surface area contributed by atoms with Gasteiger partial charge in [-0.05, 0) is 42.3 Å². The smallest absolute Gasteiger partial charge is 0.238 e. The molecule has 5 heteroatoms. The Bertz CT molecular complexity index is 731. The maximum absolute atomic E-state index is 12.4. The van der Waals surface area contributed by atoms with E-state index in [1.54, 1.807) is 36.0 Å². The van der Waals surface area contributed by atoms with Crippen LogP contribution in [-0.2, 0) is 16.0 Å². The van der Waals surface area contributed by atoms with Gasteiger partial charge in [0.15, 0.2) is 0 Å². The fraction of sp³-hybridized carbons (Fsp3) is 0.263. The van der Waals surface area contributed by atoms with E-state index in [4.69, 9.17) is 0 Å². The van der Waals surface area contributed by atoms with Gasteiger partial charge in [-0.1, -0.05) is 32.0 Å². The van der Waals surface area contributed by atoms with Crippen molar-refractivity contribution < 1.29 is 9.59 Å². The first-order valence-electron chi connectivity index (χ1n) is 7.99. The zero-order valence-corrected chi connectivity index (χ0v) is 14.5. The molecule has 3 rings (SSSR count). The SMILES string of the molecule is CC(C)C(=O)Nc1ccc(NC(=O)C2Cc3ccccc3S2)cc1. The number of hydrogen-bond donors (Lipinski definition) is 2. The molecule has 0 radical (unpaired) electrons. The Morgan fingerprint density at radius 1 is 1.00 bits per heavy atom. The third-order valence-electron chi connectivity index (χ3n) is 3.88. The van der Waals surface area contributed by atoms with Crippen LogP contribution in [0.5, 0.6) is 0 Å². The Hall–Kier alpha value is -2.27. The van der Waals surface area contributed by atoms with E-state index in [0.717, 1.165) is 17.8 Å². The number of fused-ring (bicyclic) bond motifs is 1. The van der Waals surface area contributed by atoms with Gasteiger partial charge < -0.3 is 10.6 Å². The summed E-state index contributed by atoms with van der Waals surface area (Å²) in [6.07, 6.45) is 0.759. The topological polar surface area (TPSA) is 58.2 Å². The molecular formula is C19H20N2O2S. The van der Waals surface area contributed by atoms with Crippen LogP contribution in [0.3, 0.4) is 0 Å². The van der Waals surface area contributed by atoms with E-state index in [9.17, 15) is 9.59 Å². The molecule has 0 spiro atoms. The van der Waals surface area contributed by atoms with Crippen LogP contribution in [0, 0.1) is 5.92 Å². The lowest BCUT2D eigenvalue weighted by molar-refractivity contribution is -0.119. The lowest BCUT2D eigenvalue weighted by Gasteiger charge is -2.11. The maximum Gasteiger partial charge on any atom is 0.238 e. The molecular weight excluding hydrogens is 320 g/mol. The van der Waals surface area contributed by atoms with Crippen LogP contribution in [0.4, 0.5) is 11.4 Å². The van der Waals surface area contributed by atoms with Crippen molar-refractivity contribution in [3.05, 3.63) is 54.1 Å². The Kier molecular flexibility index (Phi) is 4.90. The Balaban J connectivity index is 1.59. The van der Waals surface area contributed by atoms with Crippen LogP contribution in [0.1, 0.15) is 19.4 Å². The van der Waals surface area contributed by atoms with Crippen LogP contribution in [0.25, 0.3) is 0 Å². The third-order valence-corrected chi connectivity index (χ3v) is 5.20. The second kappa shape index (κ2) is 7.09. The summed E-state index contributed by atoms with van der Waals surface area (Å²) < 4.78 is 0. The molecule has 0 aromatic heterocycles. The first-order valence-corrected chi connectivity index (χ1v) is 8.87. The highest BCUT2D eigenvalue weighted by molar-refractivity contribution is 8.01. The minimum absolute atomic E-state index is 0.00941. The van der Waals surface area contributed by atoms with Gasteiger partial charge in [-0.3, -0.25) is 9.59 Å². The van der Waals surface area contributed by atoms with Crippen molar-refractivity contribution in [2.75, 3.05) is 10.6 Å². The Labute approximate surface area is 146 Å². The molecule has 0 fully saturated rings. The number of rotatable bonds is 4. The summed E-state index contributed by atoms with van der Waals surface area (Å²) >= 11 is 1.61. The summed E-state index contributed by atoms with van der Waals surface area (Å²) in [6, 6.07) is 15.3. The van der Waals surface area contributed by atoms with E-state index in [1.165, 1.54) is 10.5 Å². The van der Waals surface area contributed by atoms with Gasteiger partial charge in [0.2, 0.25) is 11.8 Å². The second-order valence-electron chi connectivity index (χ2n) is 6.13. The molecule has 1 heterocycles. The summed E-state index contributed by atoms with van der Waals surface area (Å²) in [5, 5.41) is 5.69. The summed E-state index contributed by atoms with van der Waals surface area (Å²) in [5.41, 5.74) is 2.70. The molecule has 1 atom stereocenters. The number of carbonyl (C=O) groups excluding carboxylic acids is 2. The number of nitrogens with one attached hydrogen (secondary N) is 2. The molecule has 0 saturated heterocycles. The van der Waals surface area contributed by atoms with Gasteiger partial charge in [0.05, 0.1) is 5.25 Å². The van der Waals surface area contributed by atoms with Crippen molar-refractivity contribution in [1.29, 1.82) is 0 Å². The highest BCUT2D eigenvalue weighted by Gasteiger charge is 2.27. The van der Waals surface area contributed by atoms with Gasteiger partial charge in [-0.15, -0.1) is 11.8 Å². The van der Waals surface area contributed by atoms with Crippen LogP contribution < -0.4 is 10.6 Å². The van der Waals surface area contributed by atoms with Gasteiger partial charge in [0.25, 0.3) is 0 Å². The molecule has 0 aliphatic carbocycles.